The molecule has 0 spiro atoms. The Balaban J connectivity index is 1.83. The number of anilines is 2. The topological polar surface area (TPSA) is 67.4 Å². The highest BCUT2D eigenvalue weighted by molar-refractivity contribution is 6.05. The summed E-state index contributed by atoms with van der Waals surface area (Å²) in [7, 11) is 0. The Morgan fingerprint density at radius 3 is 2.86 bits per heavy atom. The van der Waals surface area contributed by atoms with E-state index in [-0.39, 0.29) is 17.9 Å². The lowest BCUT2D eigenvalue weighted by molar-refractivity contribution is -0.116. The predicted octanol–water partition coefficient (Wildman–Crippen LogP) is 2.80. The normalized spacial score (nSPS) is 13.4. The first-order valence-corrected chi connectivity index (χ1v) is 6.76. The average molecular weight is 300 g/mol. The zero-order valence-corrected chi connectivity index (χ0v) is 11.6. The second-order valence-corrected chi connectivity index (χ2v) is 4.79. The van der Waals surface area contributed by atoms with Crippen LogP contribution < -0.4 is 15.4 Å². The molecule has 0 fully saturated rings. The number of ether oxygens (including phenoxy) is 1. The number of benzene rings is 2. The summed E-state index contributed by atoms with van der Waals surface area (Å²) in [4.78, 5) is 23.6. The van der Waals surface area contributed by atoms with Crippen molar-refractivity contribution in [2.24, 2.45) is 0 Å². The van der Waals surface area contributed by atoms with E-state index in [4.69, 9.17) is 4.74 Å². The molecule has 0 bridgehead atoms. The number of fused-ring (bicyclic) bond motifs is 1. The maximum absolute atomic E-state index is 13.6. The van der Waals surface area contributed by atoms with E-state index in [1.54, 1.807) is 24.3 Å². The van der Waals surface area contributed by atoms with E-state index in [0.29, 0.717) is 23.7 Å². The Hall–Kier alpha value is -2.89. The highest BCUT2D eigenvalue weighted by Crippen LogP contribution is 2.30. The number of amides is 2. The second-order valence-electron chi connectivity index (χ2n) is 4.79. The lowest BCUT2D eigenvalue weighted by Crippen LogP contribution is -2.14. The maximum Gasteiger partial charge on any atom is 0.258 e. The molecule has 0 saturated heterocycles. The Bertz CT molecular complexity index is 746. The van der Waals surface area contributed by atoms with Gasteiger partial charge in [-0.25, -0.2) is 4.39 Å². The van der Waals surface area contributed by atoms with Gasteiger partial charge in [0.15, 0.2) is 0 Å². The van der Waals surface area contributed by atoms with Gasteiger partial charge in [-0.05, 0) is 30.3 Å². The number of hydrogen-bond acceptors (Lipinski definition) is 3. The molecule has 22 heavy (non-hydrogen) atoms. The molecule has 0 unspecified atom stereocenters. The third kappa shape index (κ3) is 2.90. The zero-order valence-electron chi connectivity index (χ0n) is 11.6. The molecule has 112 valence electrons. The van der Waals surface area contributed by atoms with Crippen molar-refractivity contribution in [2.75, 3.05) is 17.2 Å². The van der Waals surface area contributed by atoms with E-state index in [0.717, 1.165) is 0 Å². The molecule has 5 nitrogen and oxygen atoms in total. The SMILES string of the molecule is O=C1CCOc2ccc(NC(=O)c3ccccc3F)cc2N1. The summed E-state index contributed by atoms with van der Waals surface area (Å²) in [5, 5.41) is 5.30. The zero-order chi connectivity index (χ0) is 15.5. The second kappa shape index (κ2) is 5.85. The van der Waals surface area contributed by atoms with Crippen molar-refractivity contribution in [1.82, 2.24) is 0 Å². The van der Waals surface area contributed by atoms with Crippen LogP contribution in [0.15, 0.2) is 42.5 Å². The molecule has 1 aliphatic rings. The van der Waals surface area contributed by atoms with Crippen LogP contribution >= 0.6 is 0 Å². The standard InChI is InChI=1S/C16H13FN2O3/c17-12-4-2-1-3-11(12)16(21)18-10-5-6-14-13(9-10)19-15(20)7-8-22-14/h1-6,9H,7-8H2,(H,18,21)(H,19,20). The number of hydrogen-bond donors (Lipinski definition) is 2. The molecule has 2 amide bonds. The molecule has 2 aromatic carbocycles. The summed E-state index contributed by atoms with van der Waals surface area (Å²) < 4.78 is 19.0. The monoisotopic (exact) mass is 300 g/mol. The third-order valence-corrected chi connectivity index (χ3v) is 3.22. The van der Waals surface area contributed by atoms with Crippen molar-refractivity contribution in [3.8, 4) is 5.75 Å². The van der Waals surface area contributed by atoms with Gasteiger partial charge in [0, 0.05) is 5.69 Å². The van der Waals surface area contributed by atoms with Crippen LogP contribution in [0.25, 0.3) is 0 Å². The highest BCUT2D eigenvalue weighted by atomic mass is 19.1. The van der Waals surface area contributed by atoms with E-state index < -0.39 is 11.7 Å². The fraction of sp³-hybridized carbons (Fsp3) is 0.125. The Kier molecular flexibility index (Phi) is 3.74. The molecule has 2 aromatic rings. The van der Waals surface area contributed by atoms with Crippen molar-refractivity contribution in [3.63, 3.8) is 0 Å². The molecule has 3 rings (SSSR count). The van der Waals surface area contributed by atoms with Gasteiger partial charge in [-0.2, -0.15) is 0 Å². The van der Waals surface area contributed by atoms with Gasteiger partial charge in [0.1, 0.15) is 11.6 Å². The molecule has 0 atom stereocenters. The van der Waals surface area contributed by atoms with Crippen molar-refractivity contribution < 1.29 is 18.7 Å². The Morgan fingerprint density at radius 1 is 1.23 bits per heavy atom. The van der Waals surface area contributed by atoms with Gasteiger partial charge in [-0.3, -0.25) is 9.59 Å². The molecule has 1 aliphatic heterocycles. The molecular weight excluding hydrogens is 287 g/mol. The Morgan fingerprint density at radius 2 is 2.05 bits per heavy atom. The molecule has 2 N–H and O–H groups in total. The molecular formula is C16H13FN2O3. The smallest absolute Gasteiger partial charge is 0.258 e. The van der Waals surface area contributed by atoms with E-state index in [1.165, 1.54) is 18.2 Å². The number of halogens is 1. The molecule has 0 saturated carbocycles. The van der Waals surface area contributed by atoms with Crippen LogP contribution in [-0.2, 0) is 4.79 Å². The van der Waals surface area contributed by atoms with Crippen LogP contribution in [0.5, 0.6) is 5.75 Å². The summed E-state index contributed by atoms with van der Waals surface area (Å²) in [6.07, 6.45) is 0.269. The summed E-state index contributed by atoms with van der Waals surface area (Å²) in [5.41, 5.74) is 0.879. The first-order chi connectivity index (χ1) is 10.6. The molecule has 0 aromatic heterocycles. The van der Waals surface area contributed by atoms with Crippen LogP contribution in [0.4, 0.5) is 15.8 Å². The van der Waals surface area contributed by atoms with Gasteiger partial charge in [0.25, 0.3) is 5.91 Å². The van der Waals surface area contributed by atoms with Crippen molar-refractivity contribution in [2.45, 2.75) is 6.42 Å². The van der Waals surface area contributed by atoms with Gasteiger partial charge in [-0.1, -0.05) is 12.1 Å². The minimum Gasteiger partial charge on any atom is -0.491 e. The number of carbonyl (C=O) groups excluding carboxylic acids is 2. The van der Waals surface area contributed by atoms with E-state index in [2.05, 4.69) is 10.6 Å². The summed E-state index contributed by atoms with van der Waals surface area (Å²) in [6.45, 7) is 0.305. The molecule has 0 radical (unpaired) electrons. The van der Waals surface area contributed by atoms with Gasteiger partial charge in [0.05, 0.1) is 24.3 Å². The third-order valence-electron chi connectivity index (χ3n) is 3.22. The van der Waals surface area contributed by atoms with Crippen LogP contribution in [-0.4, -0.2) is 18.4 Å². The van der Waals surface area contributed by atoms with Gasteiger partial charge in [-0.15, -0.1) is 0 Å². The quantitative estimate of drug-likeness (QED) is 0.896. The highest BCUT2D eigenvalue weighted by Gasteiger charge is 2.16. The summed E-state index contributed by atoms with van der Waals surface area (Å²) in [5.74, 6) is -0.767. The summed E-state index contributed by atoms with van der Waals surface area (Å²) >= 11 is 0. The van der Waals surface area contributed by atoms with Crippen LogP contribution in [0, 0.1) is 5.82 Å². The molecule has 0 aliphatic carbocycles. The number of carbonyl (C=O) groups is 2. The minimum absolute atomic E-state index is 0.0438. The van der Waals surface area contributed by atoms with Crippen molar-refractivity contribution in [3.05, 3.63) is 53.8 Å². The van der Waals surface area contributed by atoms with Gasteiger partial charge >= 0.3 is 0 Å². The predicted molar refractivity (Wildman–Crippen MR) is 79.5 cm³/mol. The first kappa shape index (κ1) is 14.1. The fourth-order valence-corrected chi connectivity index (χ4v) is 2.14. The molecule has 1 heterocycles. The number of rotatable bonds is 2. The Labute approximate surface area is 126 Å². The first-order valence-electron chi connectivity index (χ1n) is 6.76. The van der Waals surface area contributed by atoms with E-state index in [1.807, 2.05) is 0 Å². The van der Waals surface area contributed by atoms with Crippen LogP contribution in [0.3, 0.4) is 0 Å². The maximum atomic E-state index is 13.6. The van der Waals surface area contributed by atoms with E-state index in [9.17, 15) is 14.0 Å². The van der Waals surface area contributed by atoms with Gasteiger partial charge in [0.2, 0.25) is 5.91 Å². The van der Waals surface area contributed by atoms with Crippen LogP contribution in [0.1, 0.15) is 16.8 Å². The largest absolute Gasteiger partial charge is 0.491 e. The lowest BCUT2D eigenvalue weighted by Gasteiger charge is -2.11. The van der Waals surface area contributed by atoms with E-state index >= 15 is 0 Å². The molecule has 6 heteroatoms. The van der Waals surface area contributed by atoms with Gasteiger partial charge < -0.3 is 15.4 Å². The fourth-order valence-electron chi connectivity index (χ4n) is 2.14. The average Bonchev–Trinajstić information content (AvgIpc) is 2.67. The van der Waals surface area contributed by atoms with Crippen molar-refractivity contribution in [1.29, 1.82) is 0 Å². The number of nitrogens with one attached hydrogen (secondary N) is 2. The van der Waals surface area contributed by atoms with Crippen LogP contribution in [0.2, 0.25) is 0 Å². The minimum atomic E-state index is -0.591. The van der Waals surface area contributed by atoms with Crippen molar-refractivity contribution >= 4 is 23.2 Å². The summed E-state index contributed by atoms with van der Waals surface area (Å²) in [6, 6.07) is 10.6. The lowest BCUT2D eigenvalue weighted by atomic mass is 10.2.